The van der Waals surface area contributed by atoms with Gasteiger partial charge in [0.15, 0.2) is 5.69 Å². The Balaban J connectivity index is 1.26. The van der Waals surface area contributed by atoms with Gasteiger partial charge in [-0.05, 0) is 43.5 Å². The highest BCUT2D eigenvalue weighted by Gasteiger charge is 2.28. The van der Waals surface area contributed by atoms with Gasteiger partial charge >= 0.3 is 0 Å². The number of aromatic amines is 1. The average molecular weight is 419 g/mol. The minimum Gasteiger partial charge on any atom is -0.370 e. The van der Waals surface area contributed by atoms with Crippen LogP contribution in [0.15, 0.2) is 42.7 Å². The Bertz CT molecular complexity index is 1050. The average Bonchev–Trinajstić information content (AvgIpc) is 3.23. The predicted octanol–water partition coefficient (Wildman–Crippen LogP) is 1.94. The number of carbonyl (C=O) groups is 2. The highest BCUT2D eigenvalue weighted by Crippen LogP contribution is 2.21. The maximum Gasteiger partial charge on any atom is 0.272 e. The lowest BCUT2D eigenvalue weighted by molar-refractivity contribution is 0.0726. The topological polar surface area (TPSA) is 116 Å². The minimum absolute atomic E-state index is 0.123. The quantitative estimate of drug-likeness (QED) is 0.504. The molecule has 3 N–H and O–H groups in total. The maximum absolute atomic E-state index is 12.6. The number of hydrogen-bond donors (Lipinski definition) is 3. The van der Waals surface area contributed by atoms with E-state index in [1.54, 1.807) is 29.3 Å². The molecule has 31 heavy (non-hydrogen) atoms. The molecule has 9 nitrogen and oxygen atoms in total. The van der Waals surface area contributed by atoms with E-state index in [4.69, 9.17) is 0 Å². The van der Waals surface area contributed by atoms with Gasteiger partial charge in [0.25, 0.3) is 11.8 Å². The molecule has 0 aromatic carbocycles. The molecule has 4 rings (SSSR count). The third kappa shape index (κ3) is 4.88. The van der Waals surface area contributed by atoms with Crippen LogP contribution in [0.3, 0.4) is 0 Å². The zero-order valence-corrected chi connectivity index (χ0v) is 17.4. The van der Waals surface area contributed by atoms with Gasteiger partial charge in [-0.25, -0.2) is 4.98 Å². The first-order chi connectivity index (χ1) is 15.1. The molecule has 3 aromatic rings. The van der Waals surface area contributed by atoms with E-state index in [0.717, 1.165) is 29.1 Å². The molecule has 0 atom stereocenters. The fourth-order valence-corrected chi connectivity index (χ4v) is 3.49. The molecule has 0 bridgehead atoms. The van der Waals surface area contributed by atoms with Crippen molar-refractivity contribution in [2.45, 2.75) is 26.3 Å². The molecule has 0 fully saturated rings. The largest absolute Gasteiger partial charge is 0.370 e. The number of hydrogen-bond acceptors (Lipinski definition) is 6. The van der Waals surface area contributed by atoms with Gasteiger partial charge in [0.05, 0.1) is 12.2 Å². The summed E-state index contributed by atoms with van der Waals surface area (Å²) in [5.41, 5.74) is 3.62. The molecular formula is C22H25N7O2. The van der Waals surface area contributed by atoms with Crippen molar-refractivity contribution in [1.29, 1.82) is 0 Å². The third-order valence-electron chi connectivity index (χ3n) is 5.18. The molecule has 1 aliphatic rings. The van der Waals surface area contributed by atoms with Crippen LogP contribution in [0.4, 0.5) is 5.82 Å². The summed E-state index contributed by atoms with van der Waals surface area (Å²) in [5, 5.41) is 13.3. The van der Waals surface area contributed by atoms with Gasteiger partial charge in [-0.3, -0.25) is 19.7 Å². The number of nitrogens with zero attached hydrogens (tertiary/aromatic N) is 4. The molecule has 0 saturated carbocycles. The molecule has 0 unspecified atom stereocenters. The van der Waals surface area contributed by atoms with Crippen molar-refractivity contribution in [2.75, 3.05) is 25.0 Å². The molecule has 4 heterocycles. The van der Waals surface area contributed by atoms with Crippen molar-refractivity contribution < 1.29 is 9.59 Å². The highest BCUT2D eigenvalue weighted by molar-refractivity contribution is 5.95. The third-order valence-corrected chi connectivity index (χ3v) is 5.18. The van der Waals surface area contributed by atoms with E-state index in [9.17, 15) is 9.59 Å². The molecule has 2 amide bonds. The summed E-state index contributed by atoms with van der Waals surface area (Å²) in [5.74, 6) is 0.501. The number of amides is 2. The monoisotopic (exact) mass is 419 g/mol. The molecule has 9 heteroatoms. The second-order valence-corrected chi connectivity index (χ2v) is 7.48. The van der Waals surface area contributed by atoms with Crippen molar-refractivity contribution in [3.05, 3.63) is 70.9 Å². The standard InChI is InChI=1S/C22H25N7O2/c1-15-6-7-19(26-13-15)24-10-4-11-25-21(30)20-16-8-12-29(14-18(16)27-28-20)22(31)17-5-2-3-9-23-17/h2-3,5-7,9,13H,4,8,10-12,14H2,1H3,(H,24,26)(H,25,30)(H,27,28). The summed E-state index contributed by atoms with van der Waals surface area (Å²) < 4.78 is 0. The predicted molar refractivity (Wildman–Crippen MR) is 116 cm³/mol. The lowest BCUT2D eigenvalue weighted by Gasteiger charge is -2.26. The normalized spacial score (nSPS) is 12.9. The van der Waals surface area contributed by atoms with E-state index >= 15 is 0 Å². The summed E-state index contributed by atoms with van der Waals surface area (Å²) in [4.78, 5) is 35.3. The first-order valence-corrected chi connectivity index (χ1v) is 10.3. The molecule has 1 aliphatic heterocycles. The smallest absolute Gasteiger partial charge is 0.272 e. The number of anilines is 1. The minimum atomic E-state index is -0.199. The maximum atomic E-state index is 12.6. The summed E-state index contributed by atoms with van der Waals surface area (Å²) in [7, 11) is 0. The van der Waals surface area contributed by atoms with Gasteiger partial charge in [0.2, 0.25) is 0 Å². The molecular weight excluding hydrogens is 394 g/mol. The highest BCUT2D eigenvalue weighted by atomic mass is 16.2. The second kappa shape index (κ2) is 9.38. The van der Waals surface area contributed by atoms with Gasteiger partial charge in [-0.2, -0.15) is 5.10 Å². The van der Waals surface area contributed by atoms with Crippen molar-refractivity contribution in [3.8, 4) is 0 Å². The number of nitrogens with one attached hydrogen (secondary N) is 3. The summed E-state index contributed by atoms with van der Waals surface area (Å²) in [6.45, 7) is 4.15. The fourth-order valence-electron chi connectivity index (χ4n) is 3.49. The Morgan fingerprint density at radius 1 is 1.16 bits per heavy atom. The van der Waals surface area contributed by atoms with Crippen LogP contribution in [0.2, 0.25) is 0 Å². The van der Waals surface area contributed by atoms with Crippen molar-refractivity contribution in [1.82, 2.24) is 30.4 Å². The zero-order chi connectivity index (χ0) is 21.6. The summed E-state index contributed by atoms with van der Waals surface area (Å²) in [6.07, 6.45) is 4.76. The number of H-pyrrole nitrogens is 1. The number of pyridine rings is 2. The van der Waals surface area contributed by atoms with Crippen LogP contribution in [0, 0.1) is 6.92 Å². The lowest BCUT2D eigenvalue weighted by atomic mass is 10.0. The first kappa shape index (κ1) is 20.5. The van der Waals surface area contributed by atoms with Gasteiger partial charge < -0.3 is 15.5 Å². The molecule has 0 saturated heterocycles. The Labute approximate surface area is 180 Å². The van der Waals surface area contributed by atoms with E-state index in [0.29, 0.717) is 44.0 Å². The Morgan fingerprint density at radius 2 is 2.06 bits per heavy atom. The van der Waals surface area contributed by atoms with Crippen LogP contribution < -0.4 is 10.6 Å². The van der Waals surface area contributed by atoms with Gasteiger partial charge in [0.1, 0.15) is 11.5 Å². The van der Waals surface area contributed by atoms with Crippen LogP contribution in [0.5, 0.6) is 0 Å². The molecule has 0 radical (unpaired) electrons. The number of fused-ring (bicyclic) bond motifs is 1. The van der Waals surface area contributed by atoms with E-state index in [1.807, 2.05) is 25.3 Å². The van der Waals surface area contributed by atoms with Gasteiger partial charge in [0, 0.05) is 37.6 Å². The molecule has 160 valence electrons. The first-order valence-electron chi connectivity index (χ1n) is 10.3. The lowest BCUT2D eigenvalue weighted by Crippen LogP contribution is -2.37. The van der Waals surface area contributed by atoms with Crippen LogP contribution in [0.25, 0.3) is 0 Å². The van der Waals surface area contributed by atoms with E-state index < -0.39 is 0 Å². The van der Waals surface area contributed by atoms with Crippen molar-refractivity contribution in [3.63, 3.8) is 0 Å². The van der Waals surface area contributed by atoms with E-state index in [1.165, 1.54) is 0 Å². The van der Waals surface area contributed by atoms with Crippen LogP contribution in [-0.2, 0) is 13.0 Å². The molecule has 0 aliphatic carbocycles. The van der Waals surface area contributed by atoms with Crippen LogP contribution >= 0.6 is 0 Å². The Kier molecular flexibility index (Phi) is 6.21. The van der Waals surface area contributed by atoms with Crippen LogP contribution in [-0.4, -0.2) is 56.5 Å². The summed E-state index contributed by atoms with van der Waals surface area (Å²) >= 11 is 0. The van der Waals surface area contributed by atoms with Crippen molar-refractivity contribution >= 4 is 17.6 Å². The summed E-state index contributed by atoms with van der Waals surface area (Å²) in [6, 6.07) is 9.21. The Morgan fingerprint density at radius 3 is 2.84 bits per heavy atom. The van der Waals surface area contributed by atoms with Crippen LogP contribution in [0.1, 0.15) is 44.2 Å². The van der Waals surface area contributed by atoms with E-state index in [-0.39, 0.29) is 11.8 Å². The SMILES string of the molecule is Cc1ccc(NCCCNC(=O)c2n[nH]c3c2CCN(C(=O)c2ccccn2)C3)nc1. The second-order valence-electron chi connectivity index (χ2n) is 7.48. The molecule has 0 spiro atoms. The number of carbonyl (C=O) groups excluding carboxylic acids is 2. The fraction of sp³-hybridized carbons (Fsp3) is 0.318. The van der Waals surface area contributed by atoms with Crippen molar-refractivity contribution in [2.24, 2.45) is 0 Å². The van der Waals surface area contributed by atoms with Gasteiger partial charge in [-0.15, -0.1) is 0 Å². The number of aryl methyl sites for hydroxylation is 1. The number of rotatable bonds is 7. The zero-order valence-electron chi connectivity index (χ0n) is 17.4. The number of aromatic nitrogens is 4. The van der Waals surface area contributed by atoms with E-state index in [2.05, 4.69) is 30.8 Å². The molecule has 3 aromatic heterocycles. The van der Waals surface area contributed by atoms with Gasteiger partial charge in [-0.1, -0.05) is 12.1 Å². The Hall–Kier alpha value is -3.75.